The molecule has 0 aromatic rings. The molecule has 0 aliphatic rings. The zero-order valence-corrected chi connectivity index (χ0v) is 15.2. The fourth-order valence-corrected chi connectivity index (χ4v) is 3.32. The summed E-state index contributed by atoms with van der Waals surface area (Å²) in [5.74, 6) is 0.416. The third-order valence-corrected chi connectivity index (χ3v) is 4.82. The maximum Gasteiger partial charge on any atom is 0.285 e. The monoisotopic (exact) mass is 324 g/mol. The summed E-state index contributed by atoms with van der Waals surface area (Å²) in [5, 5.41) is 0. The van der Waals surface area contributed by atoms with Gasteiger partial charge in [0.05, 0.1) is 0 Å². The number of thiol groups is 1. The normalized spacial score (nSPS) is 13.7. The van der Waals surface area contributed by atoms with E-state index in [9.17, 15) is 0 Å². The molecule has 0 aliphatic heterocycles. The highest BCUT2D eigenvalue weighted by Gasteiger charge is 2.39. The number of ether oxygens (including phenoxy) is 3. The van der Waals surface area contributed by atoms with E-state index in [-0.39, 0.29) is 5.92 Å². The minimum Gasteiger partial charge on any atom is -0.331 e. The minimum atomic E-state index is -0.897. The molecule has 0 aromatic carbocycles. The lowest BCUT2D eigenvalue weighted by atomic mass is 9.93. The highest BCUT2D eigenvalue weighted by atomic mass is 33.1. The molecule has 0 aliphatic carbocycles. The Balaban J connectivity index is 4.37. The lowest BCUT2D eigenvalue weighted by molar-refractivity contribution is -0.380. The van der Waals surface area contributed by atoms with Gasteiger partial charge in [-0.05, 0) is 19.3 Å². The van der Waals surface area contributed by atoms with Crippen molar-refractivity contribution in [3.8, 4) is 0 Å². The van der Waals surface area contributed by atoms with Crippen LogP contribution in [0.25, 0.3) is 0 Å². The molecule has 1 unspecified atom stereocenters. The van der Waals surface area contributed by atoms with E-state index in [2.05, 4.69) is 18.6 Å². The highest BCUT2D eigenvalue weighted by Crippen LogP contribution is 2.32. The molecule has 5 heteroatoms. The van der Waals surface area contributed by atoms with Crippen molar-refractivity contribution in [2.24, 2.45) is 5.92 Å². The summed E-state index contributed by atoms with van der Waals surface area (Å²) >= 11 is 4.20. The molecule has 0 N–H and O–H groups in total. The Kier molecular flexibility index (Phi) is 13.6. The first-order valence-corrected chi connectivity index (χ1v) is 9.66. The van der Waals surface area contributed by atoms with Crippen LogP contribution >= 0.6 is 22.5 Å². The van der Waals surface area contributed by atoms with Gasteiger partial charge in [-0.3, -0.25) is 0 Å². The number of rotatable bonds is 14. The van der Waals surface area contributed by atoms with Crippen LogP contribution < -0.4 is 0 Å². The van der Waals surface area contributed by atoms with E-state index >= 15 is 0 Å². The molecule has 0 saturated heterocycles. The van der Waals surface area contributed by atoms with Crippen LogP contribution in [0.2, 0.25) is 0 Å². The van der Waals surface area contributed by atoms with E-state index in [4.69, 9.17) is 14.2 Å². The fraction of sp³-hybridized carbons (Fsp3) is 1.00. The Hall–Kier alpha value is 0.580. The maximum absolute atomic E-state index is 5.54. The Bertz CT molecular complexity index is 203. The highest BCUT2D eigenvalue weighted by molar-refractivity contribution is 8.68. The van der Waals surface area contributed by atoms with Gasteiger partial charge in [-0.25, -0.2) is 0 Å². The van der Waals surface area contributed by atoms with Gasteiger partial charge in [0, 0.05) is 33.0 Å². The largest absolute Gasteiger partial charge is 0.331 e. The van der Waals surface area contributed by atoms with Gasteiger partial charge in [0.15, 0.2) is 0 Å². The second-order valence-corrected chi connectivity index (χ2v) is 6.53. The Labute approximate surface area is 134 Å². The van der Waals surface area contributed by atoms with E-state index < -0.39 is 5.97 Å². The van der Waals surface area contributed by atoms with Crippen LogP contribution in [0, 0.1) is 5.92 Å². The third kappa shape index (κ3) is 7.55. The van der Waals surface area contributed by atoms with Gasteiger partial charge in [-0.2, -0.15) is 0 Å². The molecule has 122 valence electrons. The average Bonchev–Trinajstić information content (AvgIpc) is 2.48. The predicted molar refractivity (Wildman–Crippen MR) is 91.3 cm³/mol. The number of unbranched alkanes of at least 4 members (excludes halogenated alkanes) is 4. The van der Waals surface area contributed by atoms with Crippen LogP contribution in [0.3, 0.4) is 0 Å². The fourth-order valence-electron chi connectivity index (χ4n) is 2.64. The maximum atomic E-state index is 5.54. The smallest absolute Gasteiger partial charge is 0.285 e. The number of methoxy groups -OCH3 is 3. The molecular formula is C15H32O3S2. The molecule has 1 atom stereocenters. The van der Waals surface area contributed by atoms with Gasteiger partial charge in [0.2, 0.25) is 0 Å². The number of hydrogen-bond donors (Lipinski definition) is 1. The quantitative estimate of drug-likeness (QED) is 0.212. The average molecular weight is 325 g/mol. The summed E-state index contributed by atoms with van der Waals surface area (Å²) in [5.41, 5.74) is 0. The molecule has 0 spiro atoms. The molecular weight excluding hydrogens is 292 g/mol. The lowest BCUT2D eigenvalue weighted by Gasteiger charge is -2.36. The molecule has 3 nitrogen and oxygen atoms in total. The first-order chi connectivity index (χ1) is 9.70. The molecule has 0 saturated carbocycles. The van der Waals surface area contributed by atoms with Gasteiger partial charge in [-0.1, -0.05) is 49.8 Å². The second kappa shape index (κ2) is 13.3. The standard InChI is InChI=1S/C15H32O3S2/c1-5-6-7-8-9-11-14(12-10-13-20-19)15(16-2,17-3)18-4/h14,19H,5-13H2,1-4H3. The third-order valence-electron chi connectivity index (χ3n) is 3.80. The summed E-state index contributed by atoms with van der Waals surface area (Å²) in [6.07, 6.45) is 9.62. The summed E-state index contributed by atoms with van der Waals surface area (Å²) in [6.45, 7) is 2.24. The number of hydrogen-bond acceptors (Lipinski definition) is 5. The SMILES string of the molecule is CCCCCCCC(CCCSS)C(OC)(OC)OC. The predicted octanol–water partition coefficient (Wildman–Crippen LogP) is 4.91. The van der Waals surface area contributed by atoms with Gasteiger partial charge in [-0.15, -0.1) is 11.7 Å². The lowest BCUT2D eigenvalue weighted by Crippen LogP contribution is -2.44. The molecule has 0 heterocycles. The summed E-state index contributed by atoms with van der Waals surface area (Å²) in [6, 6.07) is 0. The van der Waals surface area contributed by atoms with Crippen LogP contribution in [0.1, 0.15) is 58.3 Å². The molecule has 20 heavy (non-hydrogen) atoms. The van der Waals surface area contributed by atoms with Crippen molar-refractivity contribution in [3.63, 3.8) is 0 Å². The Morgan fingerprint density at radius 3 is 1.95 bits per heavy atom. The van der Waals surface area contributed by atoms with E-state index in [0.717, 1.165) is 25.0 Å². The molecule has 0 radical (unpaired) electrons. The minimum absolute atomic E-state index is 0.268. The van der Waals surface area contributed by atoms with E-state index in [1.807, 2.05) is 0 Å². The van der Waals surface area contributed by atoms with Gasteiger partial charge in [0.25, 0.3) is 5.97 Å². The van der Waals surface area contributed by atoms with Crippen molar-refractivity contribution in [1.82, 2.24) is 0 Å². The molecule has 0 amide bonds. The Morgan fingerprint density at radius 2 is 1.45 bits per heavy atom. The first-order valence-electron chi connectivity index (χ1n) is 7.62. The van der Waals surface area contributed by atoms with Gasteiger partial charge >= 0.3 is 0 Å². The van der Waals surface area contributed by atoms with E-state index in [1.165, 1.54) is 32.1 Å². The summed E-state index contributed by atoms with van der Waals surface area (Å²) in [7, 11) is 6.56. The first kappa shape index (κ1) is 20.6. The van der Waals surface area contributed by atoms with Crippen molar-refractivity contribution < 1.29 is 14.2 Å². The molecule has 0 rings (SSSR count). The van der Waals surface area contributed by atoms with Crippen LogP contribution in [0.5, 0.6) is 0 Å². The van der Waals surface area contributed by atoms with Crippen LogP contribution in [0.15, 0.2) is 0 Å². The summed E-state index contributed by atoms with van der Waals surface area (Å²) in [4.78, 5) is 0. The van der Waals surface area contributed by atoms with Crippen molar-refractivity contribution in [2.45, 2.75) is 64.3 Å². The van der Waals surface area contributed by atoms with Crippen molar-refractivity contribution in [1.29, 1.82) is 0 Å². The second-order valence-electron chi connectivity index (χ2n) is 5.09. The molecule has 0 fully saturated rings. The van der Waals surface area contributed by atoms with Crippen molar-refractivity contribution in [2.75, 3.05) is 27.1 Å². The summed E-state index contributed by atoms with van der Waals surface area (Å²) < 4.78 is 16.6. The topological polar surface area (TPSA) is 27.7 Å². The van der Waals surface area contributed by atoms with Crippen molar-refractivity contribution >= 4 is 22.5 Å². The van der Waals surface area contributed by atoms with Crippen molar-refractivity contribution in [3.05, 3.63) is 0 Å². The van der Waals surface area contributed by atoms with Crippen LogP contribution in [-0.2, 0) is 14.2 Å². The van der Waals surface area contributed by atoms with Crippen LogP contribution in [-0.4, -0.2) is 33.1 Å². The van der Waals surface area contributed by atoms with Gasteiger partial charge < -0.3 is 14.2 Å². The van der Waals surface area contributed by atoms with E-state index in [0.29, 0.717) is 0 Å². The Morgan fingerprint density at radius 1 is 0.900 bits per heavy atom. The zero-order valence-electron chi connectivity index (χ0n) is 13.5. The van der Waals surface area contributed by atoms with E-state index in [1.54, 1.807) is 32.1 Å². The zero-order chi connectivity index (χ0) is 15.3. The van der Waals surface area contributed by atoms with Crippen LogP contribution in [0.4, 0.5) is 0 Å². The van der Waals surface area contributed by atoms with Gasteiger partial charge in [0.1, 0.15) is 0 Å². The molecule has 0 bridgehead atoms. The molecule has 0 aromatic heterocycles.